The smallest absolute Gasteiger partial charge is 0 e. The topological polar surface area (TPSA) is 0 Å². The molecule has 0 fully saturated rings. The molecule has 2 radical (unpaired) electrons. The van der Waals surface area contributed by atoms with E-state index in [4.69, 9.17) is 0 Å². The van der Waals surface area contributed by atoms with E-state index in [2.05, 4.69) is 0 Å². The van der Waals surface area contributed by atoms with E-state index in [1.165, 1.54) is 0 Å². The normalized spacial score (nSPS) is 0. The minimum Gasteiger partial charge on any atom is 0 e. The molecule has 0 unspecified atom stereocenters. The third-order valence-electron chi connectivity index (χ3n) is 0. The van der Waals surface area contributed by atoms with Crippen LogP contribution in [0.1, 0.15) is 7.43 Å². The van der Waals surface area contributed by atoms with Crippen molar-refractivity contribution in [3.05, 3.63) is 0 Å². The van der Waals surface area contributed by atoms with Crippen LogP contribution in [0.3, 0.4) is 0 Å². The Kier molecular flexibility index (Phi) is 181. The van der Waals surface area contributed by atoms with Crippen molar-refractivity contribution in [2.24, 2.45) is 0 Å². The van der Waals surface area contributed by atoms with Gasteiger partial charge in [-0.2, -0.15) is 0 Å². The van der Waals surface area contributed by atoms with Gasteiger partial charge in [-0.3, -0.25) is 0 Å². The molecule has 0 nitrogen and oxygen atoms in total. The van der Waals surface area contributed by atoms with Gasteiger partial charge < -0.3 is 0 Å². The molecule has 0 aromatic heterocycles. The van der Waals surface area contributed by atoms with Crippen LogP contribution in [0.15, 0.2) is 0 Å². The molecule has 0 spiro atoms. The molecule has 0 N–H and O–H groups in total. The molecule has 0 amide bonds. The van der Waals surface area contributed by atoms with E-state index in [-0.39, 0.29) is 70.4 Å². The Morgan fingerprint density at radius 1 is 1.00 bits per heavy atom. The van der Waals surface area contributed by atoms with Gasteiger partial charge in [-0.05, 0) is 0 Å². The number of rotatable bonds is 0. The molecule has 0 aliphatic rings. The molecule has 0 bridgehead atoms. The zero-order valence-corrected chi connectivity index (χ0v) is 6.80. The van der Waals surface area contributed by atoms with Crippen molar-refractivity contribution in [3.8, 4) is 0 Å². The molecule has 0 atom stereocenters. The van der Waals surface area contributed by atoms with Gasteiger partial charge in [0.15, 0.2) is 17.4 Å². The fourth-order valence-electron chi connectivity index (χ4n) is 0. The van der Waals surface area contributed by atoms with Gasteiger partial charge in [-0.25, -0.2) is 0 Å². The Morgan fingerprint density at radius 2 is 1.00 bits per heavy atom. The molecular formula is CH9AlSnTi. The Bertz CT molecular complexity index is 8.00. The quantitative estimate of drug-likeness (QED) is 0.432. The van der Waals surface area contributed by atoms with E-state index in [9.17, 15) is 0 Å². The van der Waals surface area contributed by atoms with Crippen LogP contribution in [0.4, 0.5) is 0 Å². The summed E-state index contributed by atoms with van der Waals surface area (Å²) in [6.45, 7) is 0. The van der Waals surface area contributed by atoms with Crippen LogP contribution >= 0.6 is 0 Å². The summed E-state index contributed by atoms with van der Waals surface area (Å²) in [6, 6.07) is 0. The second-order valence-corrected chi connectivity index (χ2v) is 0. The van der Waals surface area contributed by atoms with Crippen molar-refractivity contribution in [1.29, 1.82) is 0 Å². The summed E-state index contributed by atoms with van der Waals surface area (Å²) in [4.78, 5) is 0. The summed E-state index contributed by atoms with van der Waals surface area (Å²) in [5.41, 5.74) is 0. The second-order valence-electron chi connectivity index (χ2n) is 0. The second kappa shape index (κ2) is 19.7. The first kappa shape index (κ1) is 36.8. The summed E-state index contributed by atoms with van der Waals surface area (Å²) in [5.74, 6) is 0. The Morgan fingerprint density at radius 3 is 1.00 bits per heavy atom. The molecule has 0 saturated carbocycles. The van der Waals surface area contributed by atoms with Gasteiger partial charge in [0.2, 0.25) is 0 Å². The third kappa shape index (κ3) is 8.97. The molecule has 0 rings (SSSR count). The minimum atomic E-state index is 0. The van der Waals surface area contributed by atoms with Crippen LogP contribution in [-0.2, 0) is 21.7 Å². The SMILES string of the molecule is C.[AlH3].[SnH2].[Ti]. The molecule has 0 aromatic carbocycles. The average Bonchev–Trinajstić information content (AvgIpc) is 0. The summed E-state index contributed by atoms with van der Waals surface area (Å²) in [7, 11) is 0. The molecule has 4 heavy (non-hydrogen) atoms. The van der Waals surface area contributed by atoms with E-state index in [1.54, 1.807) is 0 Å². The number of hydrogen-bond acceptors (Lipinski definition) is 0. The van der Waals surface area contributed by atoms with Gasteiger partial charge in [0.1, 0.15) is 0 Å². The van der Waals surface area contributed by atoms with Gasteiger partial charge in [-0.1, -0.05) is 7.43 Å². The number of hydrogen-bond donors (Lipinski definition) is 0. The molecule has 0 aliphatic carbocycles. The largest absolute Gasteiger partial charge is 0 e. The van der Waals surface area contributed by atoms with Crippen LogP contribution in [-0.4, -0.2) is 41.3 Å². The monoisotopic (exact) mass is 216 g/mol. The van der Waals surface area contributed by atoms with Crippen molar-refractivity contribution in [2.75, 3.05) is 0 Å². The standard InChI is InChI=1S/CH4.Al.Sn.Ti.5H/h1H4;;;;;;;;. The molecule has 24 valence electrons. The first-order valence-corrected chi connectivity index (χ1v) is 0. The third-order valence-corrected chi connectivity index (χ3v) is 0. The predicted octanol–water partition coefficient (Wildman–Crippen LogP) is -1.47. The van der Waals surface area contributed by atoms with Crippen LogP contribution < -0.4 is 0 Å². The summed E-state index contributed by atoms with van der Waals surface area (Å²) >= 11 is 0. The van der Waals surface area contributed by atoms with Crippen molar-refractivity contribution in [2.45, 2.75) is 7.43 Å². The Balaban J connectivity index is 0. The van der Waals surface area contributed by atoms with Crippen molar-refractivity contribution >= 4 is 41.3 Å². The molecule has 3 heteroatoms. The maximum atomic E-state index is 0. The Hall–Kier alpha value is 2.05. The van der Waals surface area contributed by atoms with E-state index < -0.39 is 0 Å². The zero-order valence-electron chi connectivity index (χ0n) is 1.21. The van der Waals surface area contributed by atoms with Gasteiger partial charge in [0.05, 0.1) is 0 Å². The summed E-state index contributed by atoms with van der Waals surface area (Å²) < 4.78 is 0. The average molecular weight is 215 g/mol. The molecule has 0 aromatic rings. The van der Waals surface area contributed by atoms with E-state index in [0.29, 0.717) is 0 Å². The van der Waals surface area contributed by atoms with Crippen LogP contribution in [0.2, 0.25) is 0 Å². The van der Waals surface area contributed by atoms with E-state index in [1.807, 2.05) is 0 Å². The first-order valence-electron chi connectivity index (χ1n) is 0. The molecule has 0 heterocycles. The van der Waals surface area contributed by atoms with Gasteiger partial charge in [-0.15, -0.1) is 0 Å². The predicted molar refractivity (Wildman–Crippen MR) is 25.2 cm³/mol. The molecule has 0 aliphatic heterocycles. The van der Waals surface area contributed by atoms with Gasteiger partial charge in [0, 0.05) is 21.7 Å². The molecule has 0 saturated heterocycles. The van der Waals surface area contributed by atoms with Crippen LogP contribution in [0, 0.1) is 0 Å². The molecular weight excluding hydrogens is 206 g/mol. The van der Waals surface area contributed by atoms with Crippen molar-refractivity contribution < 1.29 is 21.7 Å². The van der Waals surface area contributed by atoms with Crippen LogP contribution in [0.25, 0.3) is 0 Å². The maximum absolute atomic E-state index is 0. The first-order chi connectivity index (χ1) is 0. The van der Waals surface area contributed by atoms with Gasteiger partial charge >= 0.3 is 23.9 Å². The zero-order chi connectivity index (χ0) is 0. The van der Waals surface area contributed by atoms with E-state index >= 15 is 0 Å². The van der Waals surface area contributed by atoms with Crippen molar-refractivity contribution in [1.82, 2.24) is 0 Å². The fourth-order valence-corrected chi connectivity index (χ4v) is 0. The fraction of sp³-hybridized carbons (Fsp3) is 1.00. The summed E-state index contributed by atoms with van der Waals surface area (Å²) in [5, 5.41) is 0. The van der Waals surface area contributed by atoms with Crippen molar-refractivity contribution in [3.63, 3.8) is 0 Å². The summed E-state index contributed by atoms with van der Waals surface area (Å²) in [6.07, 6.45) is 0. The van der Waals surface area contributed by atoms with Crippen LogP contribution in [0.5, 0.6) is 0 Å². The minimum absolute atomic E-state index is 0. The Labute approximate surface area is 69.7 Å². The van der Waals surface area contributed by atoms with E-state index in [0.717, 1.165) is 0 Å². The maximum Gasteiger partial charge on any atom is 0 e. The van der Waals surface area contributed by atoms with Gasteiger partial charge in [0.25, 0.3) is 0 Å².